The highest BCUT2D eigenvalue weighted by Crippen LogP contribution is 2.56. The van der Waals surface area contributed by atoms with Crippen molar-refractivity contribution in [1.29, 1.82) is 0 Å². The summed E-state index contributed by atoms with van der Waals surface area (Å²) in [6, 6.07) is 12.9. The van der Waals surface area contributed by atoms with Crippen molar-refractivity contribution in [1.82, 2.24) is 10.6 Å². The van der Waals surface area contributed by atoms with E-state index in [0.717, 1.165) is 41.4 Å². The normalized spacial score (nSPS) is 25.8. The third-order valence-corrected chi connectivity index (χ3v) is 6.85. The second-order valence-electron chi connectivity index (χ2n) is 8.33. The molecule has 5 rings (SSSR count). The maximum atomic E-state index is 12.4. The Morgan fingerprint density at radius 3 is 2.77 bits per heavy atom. The first-order chi connectivity index (χ1) is 14.1. The van der Waals surface area contributed by atoms with Crippen molar-refractivity contribution in [3.05, 3.63) is 58.1 Å². The zero-order valence-electron chi connectivity index (χ0n) is 17.6. The molecule has 31 heavy (non-hydrogen) atoms. The lowest BCUT2D eigenvalue weighted by molar-refractivity contribution is -0.119. The summed E-state index contributed by atoms with van der Waals surface area (Å²) in [7, 11) is 3.61. The summed E-state index contributed by atoms with van der Waals surface area (Å²) in [5.74, 6) is 1.68. The van der Waals surface area contributed by atoms with Crippen LogP contribution >= 0.6 is 45.6 Å². The topological polar surface area (TPSA) is 53.6 Å². The van der Waals surface area contributed by atoms with Crippen LogP contribution in [0.5, 0.6) is 5.75 Å². The van der Waals surface area contributed by atoms with E-state index in [1.54, 1.807) is 7.11 Å². The molecule has 1 saturated heterocycles. The molecule has 3 aliphatic rings. The van der Waals surface area contributed by atoms with E-state index in [9.17, 15) is 4.79 Å². The maximum absolute atomic E-state index is 12.4. The zero-order chi connectivity index (χ0) is 20.1. The largest absolute Gasteiger partial charge is 0.496 e. The number of nitrogens with one attached hydrogen (secondary N) is 2. The van der Waals surface area contributed by atoms with Crippen molar-refractivity contribution in [3.63, 3.8) is 0 Å². The van der Waals surface area contributed by atoms with Gasteiger partial charge in [0.15, 0.2) is 0 Å². The van der Waals surface area contributed by atoms with Crippen molar-refractivity contribution in [2.24, 2.45) is 5.92 Å². The van der Waals surface area contributed by atoms with Crippen LogP contribution in [0.3, 0.4) is 0 Å². The maximum Gasteiger partial charge on any atom is 0.230 e. The van der Waals surface area contributed by atoms with E-state index >= 15 is 0 Å². The summed E-state index contributed by atoms with van der Waals surface area (Å²) < 4.78 is 5.71. The minimum Gasteiger partial charge on any atom is -0.496 e. The van der Waals surface area contributed by atoms with Gasteiger partial charge in [-0.1, -0.05) is 23.7 Å². The lowest BCUT2D eigenvalue weighted by atomic mass is 9.97. The number of benzene rings is 2. The molecule has 2 unspecified atom stereocenters. The minimum absolute atomic E-state index is 0. The lowest BCUT2D eigenvalue weighted by Gasteiger charge is -2.28. The van der Waals surface area contributed by atoms with Crippen LogP contribution in [0.25, 0.3) is 0 Å². The standard InChI is InChI=1S/C23H26ClN3O2.2BrH/c1-27-20-9-14(21(29-2)11-17(20)16-10-18(16)23(27)28)12-26-19-6-7-25-22(19)13-4-3-5-15(24)8-13;;/h3-5,8-9,11,16,18-19,22,25-26H,6-7,10,12H2,1-2H3;2*1H/t16-,18-,19?,22?;;/m0../s1. The Bertz CT molecular complexity index is 974. The Kier molecular flexibility index (Phi) is 7.75. The number of hydrogen-bond donors (Lipinski definition) is 2. The highest BCUT2D eigenvalue weighted by atomic mass is 79.9. The zero-order valence-corrected chi connectivity index (χ0v) is 21.7. The fourth-order valence-corrected chi connectivity index (χ4v) is 5.14. The van der Waals surface area contributed by atoms with E-state index in [4.69, 9.17) is 16.3 Å². The summed E-state index contributed by atoms with van der Waals surface area (Å²) >= 11 is 6.19. The summed E-state index contributed by atoms with van der Waals surface area (Å²) in [4.78, 5) is 14.3. The third kappa shape index (κ3) is 4.53. The molecule has 2 fully saturated rings. The average Bonchev–Trinajstić information content (AvgIpc) is 3.40. The Morgan fingerprint density at radius 1 is 1.23 bits per heavy atom. The Balaban J connectivity index is 0.00000136. The molecular weight excluding hydrogens is 546 g/mol. The van der Waals surface area contributed by atoms with Gasteiger partial charge < -0.3 is 20.3 Å². The van der Waals surface area contributed by atoms with Gasteiger partial charge in [0, 0.05) is 47.9 Å². The summed E-state index contributed by atoms with van der Waals surface area (Å²) in [5.41, 5.74) is 4.57. The van der Waals surface area contributed by atoms with Crippen LogP contribution in [0.2, 0.25) is 5.02 Å². The van der Waals surface area contributed by atoms with Crippen molar-refractivity contribution in [2.45, 2.75) is 37.4 Å². The smallest absolute Gasteiger partial charge is 0.230 e. The number of methoxy groups -OCH3 is 1. The Labute approximate surface area is 209 Å². The van der Waals surface area contributed by atoms with E-state index in [-0.39, 0.29) is 51.8 Å². The van der Waals surface area contributed by atoms with Crippen molar-refractivity contribution in [3.8, 4) is 5.75 Å². The molecule has 0 radical (unpaired) electrons. The third-order valence-electron chi connectivity index (χ3n) is 6.61. The molecule has 8 heteroatoms. The molecule has 2 heterocycles. The number of ether oxygens (including phenoxy) is 1. The molecule has 2 N–H and O–H groups in total. The predicted octanol–water partition coefficient (Wildman–Crippen LogP) is 4.78. The fraction of sp³-hybridized carbons (Fsp3) is 0.435. The molecule has 1 saturated carbocycles. The molecule has 5 nitrogen and oxygen atoms in total. The van der Waals surface area contributed by atoms with Gasteiger partial charge >= 0.3 is 0 Å². The number of carbonyl (C=O) groups is 1. The minimum atomic E-state index is 0. The molecule has 2 aliphatic heterocycles. The first-order valence-electron chi connectivity index (χ1n) is 10.3. The van der Waals surface area contributed by atoms with Gasteiger partial charge in [0.25, 0.3) is 0 Å². The van der Waals surface area contributed by atoms with Gasteiger partial charge in [0.05, 0.1) is 7.11 Å². The van der Waals surface area contributed by atoms with Gasteiger partial charge in [0.1, 0.15) is 5.75 Å². The molecule has 0 bridgehead atoms. The van der Waals surface area contributed by atoms with E-state index in [1.165, 1.54) is 11.1 Å². The highest BCUT2D eigenvalue weighted by molar-refractivity contribution is 8.93. The van der Waals surface area contributed by atoms with Crippen molar-refractivity contribution < 1.29 is 9.53 Å². The van der Waals surface area contributed by atoms with Crippen LogP contribution in [0.1, 0.15) is 41.5 Å². The van der Waals surface area contributed by atoms with Gasteiger partial charge in [-0.25, -0.2) is 0 Å². The number of nitrogens with zero attached hydrogens (tertiary/aromatic N) is 1. The Hall–Kier alpha value is -1.12. The van der Waals surface area contributed by atoms with E-state index in [2.05, 4.69) is 28.8 Å². The van der Waals surface area contributed by atoms with Crippen LogP contribution < -0.4 is 20.3 Å². The van der Waals surface area contributed by atoms with E-state index in [1.807, 2.05) is 30.1 Å². The molecule has 0 aromatic heterocycles. The van der Waals surface area contributed by atoms with Gasteiger partial charge in [-0.15, -0.1) is 34.0 Å². The van der Waals surface area contributed by atoms with Gasteiger partial charge in [-0.3, -0.25) is 4.79 Å². The molecule has 2 aromatic rings. The predicted molar refractivity (Wildman–Crippen MR) is 135 cm³/mol. The second-order valence-corrected chi connectivity index (χ2v) is 8.77. The average molecular weight is 574 g/mol. The first-order valence-corrected chi connectivity index (χ1v) is 10.6. The number of amides is 1. The number of hydrogen-bond acceptors (Lipinski definition) is 4. The molecule has 2 aromatic carbocycles. The number of fused-ring (bicyclic) bond motifs is 3. The number of rotatable bonds is 5. The fourth-order valence-electron chi connectivity index (χ4n) is 4.94. The molecular formula is C23H28Br2ClN3O2. The van der Waals surface area contributed by atoms with Crippen LogP contribution in [0.15, 0.2) is 36.4 Å². The van der Waals surface area contributed by atoms with Gasteiger partial charge in [-0.2, -0.15) is 0 Å². The molecule has 0 spiro atoms. The number of carbonyl (C=O) groups excluding carboxylic acids is 1. The van der Waals surface area contributed by atoms with Crippen molar-refractivity contribution in [2.75, 3.05) is 25.6 Å². The van der Waals surface area contributed by atoms with Crippen LogP contribution in [0.4, 0.5) is 5.69 Å². The van der Waals surface area contributed by atoms with Crippen LogP contribution in [-0.2, 0) is 11.3 Å². The van der Waals surface area contributed by atoms with Crippen LogP contribution in [0, 0.1) is 5.92 Å². The molecule has 4 atom stereocenters. The lowest BCUT2D eigenvalue weighted by Crippen LogP contribution is -2.34. The first kappa shape index (κ1) is 24.5. The number of halogens is 3. The number of anilines is 1. The Morgan fingerprint density at radius 2 is 2.03 bits per heavy atom. The summed E-state index contributed by atoms with van der Waals surface area (Å²) in [6.45, 7) is 1.66. The van der Waals surface area contributed by atoms with E-state index < -0.39 is 0 Å². The van der Waals surface area contributed by atoms with Gasteiger partial charge in [0.2, 0.25) is 5.91 Å². The van der Waals surface area contributed by atoms with Crippen molar-refractivity contribution >= 4 is 57.2 Å². The SMILES string of the molecule is Br.Br.COc1cc2c(cc1CNC1CCNC1c1cccc(Cl)c1)N(C)C(=O)[C@H]1C[C@@H]21. The molecule has 1 aliphatic carbocycles. The van der Waals surface area contributed by atoms with Gasteiger partial charge in [-0.05, 0) is 60.7 Å². The monoisotopic (exact) mass is 571 g/mol. The van der Waals surface area contributed by atoms with Crippen LogP contribution in [-0.4, -0.2) is 32.7 Å². The molecule has 1 amide bonds. The highest BCUT2D eigenvalue weighted by Gasteiger charge is 2.50. The summed E-state index contributed by atoms with van der Waals surface area (Å²) in [5, 5.41) is 8.05. The molecule has 168 valence electrons. The quantitative estimate of drug-likeness (QED) is 0.541. The van der Waals surface area contributed by atoms with E-state index in [0.29, 0.717) is 18.5 Å². The second kappa shape index (κ2) is 9.79. The summed E-state index contributed by atoms with van der Waals surface area (Å²) in [6.07, 6.45) is 2.01.